The summed E-state index contributed by atoms with van der Waals surface area (Å²) in [6.45, 7) is 0. The summed E-state index contributed by atoms with van der Waals surface area (Å²) in [6.07, 6.45) is 0.0662. The van der Waals surface area contributed by atoms with Crippen LogP contribution < -0.4 is 5.32 Å². The number of anilines is 1. The lowest BCUT2D eigenvalue weighted by Gasteiger charge is -2.17. The number of hydrogen-bond acceptors (Lipinski definition) is 1. The van der Waals surface area contributed by atoms with E-state index < -0.39 is 11.6 Å². The van der Waals surface area contributed by atoms with Crippen LogP contribution in [0.4, 0.5) is 10.1 Å². The van der Waals surface area contributed by atoms with Gasteiger partial charge in [0.2, 0.25) is 5.67 Å². The molecule has 0 aliphatic carbocycles. The van der Waals surface area contributed by atoms with Crippen LogP contribution in [-0.2, 0) is 16.9 Å². The average Bonchev–Trinajstić information content (AvgIpc) is 2.63. The molecule has 0 unspecified atom stereocenters. The molecule has 1 atom stereocenters. The first-order chi connectivity index (χ1) is 8.70. The highest BCUT2D eigenvalue weighted by atomic mass is 19.1. The third kappa shape index (κ3) is 1.59. The first-order valence-corrected chi connectivity index (χ1v) is 5.84. The standard InChI is InChI=1S/C15H12FNO/c16-15(10-11-6-2-1-3-7-11)12-8-4-5-9-13(12)17-14(15)18/h1-9H,10H2,(H,17,18)/t15-/m0/s1. The zero-order chi connectivity index (χ0) is 12.6. The quantitative estimate of drug-likeness (QED) is 0.860. The SMILES string of the molecule is O=C1Nc2ccccc2[C@@]1(F)Cc1ccccc1. The highest BCUT2D eigenvalue weighted by molar-refractivity contribution is 6.05. The lowest BCUT2D eigenvalue weighted by Crippen LogP contribution is -2.31. The first kappa shape index (κ1) is 11.0. The van der Waals surface area contributed by atoms with Crippen molar-refractivity contribution in [1.82, 2.24) is 0 Å². The predicted octanol–water partition coefficient (Wildman–Crippen LogP) is 3.05. The minimum Gasteiger partial charge on any atom is -0.323 e. The summed E-state index contributed by atoms with van der Waals surface area (Å²) in [4.78, 5) is 11.9. The van der Waals surface area contributed by atoms with E-state index >= 15 is 0 Å². The van der Waals surface area contributed by atoms with Crippen molar-refractivity contribution >= 4 is 11.6 Å². The van der Waals surface area contributed by atoms with E-state index in [2.05, 4.69) is 5.32 Å². The molecule has 0 bridgehead atoms. The number of benzene rings is 2. The van der Waals surface area contributed by atoms with Crippen LogP contribution in [0.5, 0.6) is 0 Å². The number of alkyl halides is 1. The minimum absolute atomic E-state index is 0.0662. The number of carbonyl (C=O) groups excluding carboxylic acids is 1. The summed E-state index contributed by atoms with van der Waals surface area (Å²) in [5, 5.41) is 2.59. The number of rotatable bonds is 2. The van der Waals surface area contributed by atoms with Crippen molar-refractivity contribution in [2.75, 3.05) is 5.32 Å². The molecule has 0 radical (unpaired) electrons. The molecule has 0 saturated heterocycles. The molecule has 0 fully saturated rings. The normalized spacial score (nSPS) is 21.5. The first-order valence-electron chi connectivity index (χ1n) is 5.84. The molecule has 1 heterocycles. The van der Waals surface area contributed by atoms with Gasteiger partial charge in [0.1, 0.15) is 0 Å². The maximum absolute atomic E-state index is 15.0. The number of hydrogen-bond donors (Lipinski definition) is 1. The molecule has 1 aliphatic rings. The van der Waals surface area contributed by atoms with Gasteiger partial charge in [-0.1, -0.05) is 48.5 Å². The fourth-order valence-electron chi connectivity index (χ4n) is 2.33. The summed E-state index contributed by atoms with van der Waals surface area (Å²) >= 11 is 0. The van der Waals surface area contributed by atoms with E-state index in [0.717, 1.165) is 5.56 Å². The van der Waals surface area contributed by atoms with E-state index in [-0.39, 0.29) is 6.42 Å². The van der Waals surface area contributed by atoms with E-state index in [1.54, 1.807) is 24.3 Å². The number of para-hydroxylation sites is 1. The molecule has 2 aromatic carbocycles. The number of halogens is 1. The van der Waals surface area contributed by atoms with E-state index in [0.29, 0.717) is 11.3 Å². The second-order valence-electron chi connectivity index (χ2n) is 4.46. The molecule has 1 amide bonds. The zero-order valence-electron chi connectivity index (χ0n) is 9.69. The van der Waals surface area contributed by atoms with Gasteiger partial charge in [-0.2, -0.15) is 0 Å². The lowest BCUT2D eigenvalue weighted by molar-refractivity contribution is -0.126. The van der Waals surface area contributed by atoms with Crippen molar-refractivity contribution in [3.63, 3.8) is 0 Å². The van der Waals surface area contributed by atoms with Gasteiger partial charge >= 0.3 is 0 Å². The highest BCUT2D eigenvalue weighted by Crippen LogP contribution is 2.41. The minimum atomic E-state index is -1.96. The van der Waals surface area contributed by atoms with Crippen molar-refractivity contribution in [3.05, 3.63) is 65.7 Å². The molecule has 0 aromatic heterocycles. The van der Waals surface area contributed by atoms with Crippen molar-refractivity contribution < 1.29 is 9.18 Å². The van der Waals surface area contributed by atoms with Gasteiger partial charge in [0, 0.05) is 17.7 Å². The summed E-state index contributed by atoms with van der Waals surface area (Å²) < 4.78 is 15.0. The number of nitrogens with one attached hydrogen (secondary N) is 1. The number of fused-ring (bicyclic) bond motifs is 1. The third-order valence-electron chi connectivity index (χ3n) is 3.25. The molecule has 3 heteroatoms. The number of amides is 1. The fraction of sp³-hybridized carbons (Fsp3) is 0.133. The van der Waals surface area contributed by atoms with Crippen molar-refractivity contribution in [3.8, 4) is 0 Å². The van der Waals surface area contributed by atoms with E-state index in [1.165, 1.54) is 0 Å². The maximum atomic E-state index is 15.0. The molecule has 2 aromatic rings. The summed E-state index contributed by atoms with van der Waals surface area (Å²) in [7, 11) is 0. The Kier molecular flexibility index (Phi) is 2.40. The van der Waals surface area contributed by atoms with Crippen LogP contribution in [0, 0.1) is 0 Å². The molecule has 90 valence electrons. The molecule has 1 N–H and O–H groups in total. The maximum Gasteiger partial charge on any atom is 0.267 e. The van der Waals surface area contributed by atoms with Crippen LogP contribution in [0.25, 0.3) is 0 Å². The Labute approximate surface area is 104 Å². The van der Waals surface area contributed by atoms with Gasteiger partial charge in [-0.15, -0.1) is 0 Å². The van der Waals surface area contributed by atoms with E-state index in [1.807, 2.05) is 30.3 Å². The van der Waals surface area contributed by atoms with E-state index in [9.17, 15) is 9.18 Å². The van der Waals surface area contributed by atoms with Crippen LogP contribution in [0.2, 0.25) is 0 Å². The smallest absolute Gasteiger partial charge is 0.267 e. The van der Waals surface area contributed by atoms with Crippen LogP contribution in [-0.4, -0.2) is 5.91 Å². The molecule has 3 rings (SSSR count). The number of carbonyl (C=O) groups is 1. The Morgan fingerprint density at radius 3 is 2.44 bits per heavy atom. The summed E-state index contributed by atoms with van der Waals surface area (Å²) in [5.41, 5.74) is -0.149. The van der Waals surface area contributed by atoms with Crippen LogP contribution in [0.15, 0.2) is 54.6 Å². The molecule has 2 nitrogen and oxygen atoms in total. The van der Waals surface area contributed by atoms with Crippen LogP contribution >= 0.6 is 0 Å². The molecular weight excluding hydrogens is 229 g/mol. The van der Waals surface area contributed by atoms with Gasteiger partial charge in [0.05, 0.1) is 0 Å². The second-order valence-corrected chi connectivity index (χ2v) is 4.46. The Balaban J connectivity index is 2.02. The molecule has 18 heavy (non-hydrogen) atoms. The summed E-state index contributed by atoms with van der Waals surface area (Å²) in [5.74, 6) is -0.576. The second kappa shape index (κ2) is 3.95. The van der Waals surface area contributed by atoms with Crippen LogP contribution in [0.3, 0.4) is 0 Å². The van der Waals surface area contributed by atoms with Gasteiger partial charge < -0.3 is 5.32 Å². The Morgan fingerprint density at radius 1 is 1.00 bits per heavy atom. The molecule has 0 spiro atoms. The van der Waals surface area contributed by atoms with Gasteiger partial charge in [-0.05, 0) is 11.6 Å². The predicted molar refractivity (Wildman–Crippen MR) is 68.0 cm³/mol. The Bertz CT molecular complexity index is 596. The summed E-state index contributed by atoms with van der Waals surface area (Å²) in [6, 6.07) is 16.1. The molecule has 1 aliphatic heterocycles. The van der Waals surface area contributed by atoms with Gasteiger partial charge in [0.25, 0.3) is 5.91 Å². The molecular formula is C15H12FNO. The van der Waals surface area contributed by atoms with Gasteiger partial charge in [-0.3, -0.25) is 4.79 Å². The zero-order valence-corrected chi connectivity index (χ0v) is 9.69. The third-order valence-corrected chi connectivity index (χ3v) is 3.25. The van der Waals surface area contributed by atoms with Crippen molar-refractivity contribution in [1.29, 1.82) is 0 Å². The average molecular weight is 241 g/mol. The highest BCUT2D eigenvalue weighted by Gasteiger charge is 2.47. The van der Waals surface area contributed by atoms with Crippen molar-refractivity contribution in [2.24, 2.45) is 0 Å². The van der Waals surface area contributed by atoms with Crippen LogP contribution in [0.1, 0.15) is 11.1 Å². The van der Waals surface area contributed by atoms with E-state index in [4.69, 9.17) is 0 Å². The largest absolute Gasteiger partial charge is 0.323 e. The monoisotopic (exact) mass is 241 g/mol. The van der Waals surface area contributed by atoms with Gasteiger partial charge in [0.15, 0.2) is 0 Å². The Morgan fingerprint density at radius 2 is 1.67 bits per heavy atom. The molecule has 0 saturated carbocycles. The Hall–Kier alpha value is -2.16. The lowest BCUT2D eigenvalue weighted by atomic mass is 9.90. The topological polar surface area (TPSA) is 29.1 Å². The van der Waals surface area contributed by atoms with Gasteiger partial charge in [-0.25, -0.2) is 4.39 Å². The fourth-order valence-corrected chi connectivity index (χ4v) is 2.33. The van der Waals surface area contributed by atoms with Crippen molar-refractivity contribution in [2.45, 2.75) is 12.1 Å².